The maximum absolute atomic E-state index is 12.4. The number of thiazole rings is 1. The molecule has 0 fully saturated rings. The molecular formula is C23H20ClN3O5S. The van der Waals surface area contributed by atoms with Gasteiger partial charge in [0.15, 0.2) is 10.7 Å². The average Bonchev–Trinajstić information content (AvgIpc) is 3.33. The highest BCUT2D eigenvalue weighted by Gasteiger charge is 2.23. The molecule has 4 rings (SSSR count). The highest BCUT2D eigenvalue weighted by molar-refractivity contribution is 7.14. The molecule has 0 saturated carbocycles. The van der Waals surface area contributed by atoms with Crippen molar-refractivity contribution in [1.29, 1.82) is 0 Å². The number of hydrogen-bond donors (Lipinski definition) is 0. The second kappa shape index (κ2) is 9.21. The fraction of sp³-hybridized carbons (Fsp3) is 0.217. The van der Waals surface area contributed by atoms with Gasteiger partial charge in [0.2, 0.25) is 5.91 Å². The van der Waals surface area contributed by atoms with E-state index in [2.05, 4.69) is 4.98 Å². The Morgan fingerprint density at radius 3 is 2.73 bits per heavy atom. The topological polar surface area (TPSA) is 94.6 Å². The largest absolute Gasteiger partial charge is 0.458 e. The van der Waals surface area contributed by atoms with E-state index in [1.54, 1.807) is 35.7 Å². The number of halogens is 1. The van der Waals surface area contributed by atoms with Gasteiger partial charge in [0.25, 0.3) is 0 Å². The fourth-order valence-electron chi connectivity index (χ4n) is 3.54. The van der Waals surface area contributed by atoms with Crippen LogP contribution in [0.5, 0.6) is 0 Å². The van der Waals surface area contributed by atoms with Crippen molar-refractivity contribution in [3.63, 3.8) is 0 Å². The summed E-state index contributed by atoms with van der Waals surface area (Å²) >= 11 is 7.67. The van der Waals surface area contributed by atoms with E-state index in [0.29, 0.717) is 32.6 Å². The summed E-state index contributed by atoms with van der Waals surface area (Å²) in [6, 6.07) is 10.6. The summed E-state index contributed by atoms with van der Waals surface area (Å²) in [6.07, 6.45) is 0. The van der Waals surface area contributed by atoms with E-state index >= 15 is 0 Å². The molecule has 10 heteroatoms. The summed E-state index contributed by atoms with van der Waals surface area (Å²) in [5, 5.41) is 2.57. The van der Waals surface area contributed by atoms with E-state index < -0.39 is 11.7 Å². The third kappa shape index (κ3) is 4.69. The van der Waals surface area contributed by atoms with Crippen molar-refractivity contribution in [2.75, 3.05) is 4.90 Å². The maximum atomic E-state index is 12.4. The van der Waals surface area contributed by atoms with Crippen LogP contribution in [-0.4, -0.2) is 21.4 Å². The second-order valence-electron chi connectivity index (χ2n) is 7.47. The molecule has 8 nitrogen and oxygen atoms in total. The summed E-state index contributed by atoms with van der Waals surface area (Å²) in [5.74, 6) is -1.49. The Hall–Kier alpha value is -3.43. The molecule has 2 aromatic carbocycles. The first kappa shape index (κ1) is 22.8. The molecule has 0 aliphatic rings. The zero-order chi connectivity index (χ0) is 23.7. The molecule has 2 heterocycles. The van der Waals surface area contributed by atoms with Gasteiger partial charge in [0.1, 0.15) is 13.2 Å². The van der Waals surface area contributed by atoms with Crippen molar-refractivity contribution in [3.05, 3.63) is 74.2 Å². The predicted molar refractivity (Wildman–Crippen MR) is 126 cm³/mol. The Morgan fingerprint density at radius 2 is 2.00 bits per heavy atom. The number of hydrogen-bond acceptors (Lipinski definition) is 7. The van der Waals surface area contributed by atoms with E-state index in [4.69, 9.17) is 20.8 Å². The van der Waals surface area contributed by atoms with Crippen molar-refractivity contribution in [2.24, 2.45) is 0 Å². The van der Waals surface area contributed by atoms with Gasteiger partial charge < -0.3 is 9.15 Å². The first-order valence-electron chi connectivity index (χ1n) is 10.0. The Kier molecular flexibility index (Phi) is 6.35. The maximum Gasteiger partial charge on any atom is 0.420 e. The van der Waals surface area contributed by atoms with Gasteiger partial charge in [-0.2, -0.15) is 0 Å². The Morgan fingerprint density at radius 1 is 1.24 bits per heavy atom. The number of ether oxygens (including phenoxy) is 1. The number of esters is 1. The molecule has 2 aromatic heterocycles. The molecule has 170 valence electrons. The minimum atomic E-state index is -0.633. The zero-order valence-electron chi connectivity index (χ0n) is 18.1. The van der Waals surface area contributed by atoms with Crippen molar-refractivity contribution < 1.29 is 18.7 Å². The second-order valence-corrected chi connectivity index (χ2v) is 8.71. The SMILES string of the molecule is CC(=O)N(c1nc(COC(=O)Cn2c(=O)oc3ccccc32)cs1)c1c(C)cc(C)cc1Cl. The van der Waals surface area contributed by atoms with Gasteiger partial charge in [-0.3, -0.25) is 19.1 Å². The Bertz CT molecular complexity index is 1400. The van der Waals surface area contributed by atoms with Gasteiger partial charge in [-0.15, -0.1) is 11.3 Å². The highest BCUT2D eigenvalue weighted by atomic mass is 35.5. The number of nitrogens with zero attached hydrogens (tertiary/aromatic N) is 3. The number of amides is 1. The number of benzene rings is 2. The van der Waals surface area contributed by atoms with Crippen LogP contribution in [0.25, 0.3) is 11.1 Å². The fourth-order valence-corrected chi connectivity index (χ4v) is 4.80. The molecule has 0 saturated heterocycles. The number of fused-ring (bicyclic) bond motifs is 1. The Labute approximate surface area is 198 Å². The molecule has 0 radical (unpaired) electrons. The van der Waals surface area contributed by atoms with Gasteiger partial charge in [-0.25, -0.2) is 9.78 Å². The summed E-state index contributed by atoms with van der Waals surface area (Å²) < 4.78 is 11.6. The highest BCUT2D eigenvalue weighted by Crippen LogP contribution is 2.37. The molecule has 0 spiro atoms. The van der Waals surface area contributed by atoms with E-state index in [-0.39, 0.29) is 19.1 Å². The van der Waals surface area contributed by atoms with Gasteiger partial charge in [0, 0.05) is 12.3 Å². The van der Waals surface area contributed by atoms with Crippen LogP contribution >= 0.6 is 22.9 Å². The van der Waals surface area contributed by atoms with Crippen LogP contribution in [0.1, 0.15) is 23.7 Å². The summed E-state index contributed by atoms with van der Waals surface area (Å²) in [5.41, 5.74) is 3.78. The van der Waals surface area contributed by atoms with Crippen LogP contribution in [0.3, 0.4) is 0 Å². The van der Waals surface area contributed by atoms with Crippen LogP contribution in [0, 0.1) is 13.8 Å². The minimum Gasteiger partial charge on any atom is -0.458 e. The van der Waals surface area contributed by atoms with E-state index in [0.717, 1.165) is 11.1 Å². The summed E-state index contributed by atoms with van der Waals surface area (Å²) in [4.78, 5) is 42.7. The number of rotatable bonds is 6. The molecule has 0 N–H and O–H groups in total. The quantitative estimate of drug-likeness (QED) is 0.366. The van der Waals surface area contributed by atoms with Crippen molar-refractivity contribution >= 4 is 56.7 Å². The van der Waals surface area contributed by atoms with Gasteiger partial charge in [-0.05, 0) is 43.2 Å². The van der Waals surface area contributed by atoms with Gasteiger partial charge >= 0.3 is 11.7 Å². The van der Waals surface area contributed by atoms with Crippen molar-refractivity contribution in [1.82, 2.24) is 9.55 Å². The lowest BCUT2D eigenvalue weighted by Crippen LogP contribution is -2.24. The molecule has 0 atom stereocenters. The lowest BCUT2D eigenvalue weighted by molar-refractivity contribution is -0.145. The minimum absolute atomic E-state index is 0.105. The molecule has 1 amide bonds. The number of oxazole rings is 1. The van der Waals surface area contributed by atoms with E-state index in [1.807, 2.05) is 19.9 Å². The molecule has 0 aliphatic heterocycles. The number of para-hydroxylation sites is 2. The van der Waals surface area contributed by atoms with Gasteiger partial charge in [0.05, 0.1) is 21.9 Å². The lowest BCUT2D eigenvalue weighted by Gasteiger charge is -2.22. The molecular weight excluding hydrogens is 466 g/mol. The smallest absolute Gasteiger partial charge is 0.420 e. The molecule has 33 heavy (non-hydrogen) atoms. The monoisotopic (exact) mass is 485 g/mol. The van der Waals surface area contributed by atoms with Crippen LogP contribution in [0.4, 0.5) is 10.8 Å². The van der Waals surface area contributed by atoms with Crippen LogP contribution in [0.2, 0.25) is 5.02 Å². The third-order valence-corrected chi connectivity index (χ3v) is 6.07. The van der Waals surface area contributed by atoms with Crippen molar-refractivity contribution in [3.8, 4) is 0 Å². The van der Waals surface area contributed by atoms with Gasteiger partial charge in [-0.1, -0.05) is 29.8 Å². The van der Waals surface area contributed by atoms with E-state index in [9.17, 15) is 14.4 Å². The average molecular weight is 486 g/mol. The number of carbonyl (C=O) groups excluding carboxylic acids is 2. The molecule has 0 bridgehead atoms. The van der Waals surface area contributed by atoms with Crippen molar-refractivity contribution in [2.45, 2.75) is 33.9 Å². The lowest BCUT2D eigenvalue weighted by atomic mass is 10.1. The normalized spacial score (nSPS) is 11.0. The summed E-state index contributed by atoms with van der Waals surface area (Å²) in [7, 11) is 0. The number of aromatic nitrogens is 2. The standard InChI is InChI=1S/C23H20ClN3O5S/c1-13-8-14(2)21(17(24)9-13)27(15(3)28)22-25-16(12-33-22)11-31-20(29)10-26-18-6-4-5-7-19(18)32-23(26)30/h4-9,12H,10-11H2,1-3H3. The third-order valence-electron chi connectivity index (χ3n) is 4.91. The summed E-state index contributed by atoms with van der Waals surface area (Å²) in [6.45, 7) is 4.85. The number of anilines is 2. The molecule has 0 aliphatic carbocycles. The first-order chi connectivity index (χ1) is 15.7. The Balaban J connectivity index is 1.49. The number of carbonyl (C=O) groups is 2. The van der Waals surface area contributed by atoms with E-state index in [1.165, 1.54) is 27.7 Å². The van der Waals surface area contributed by atoms with Crippen LogP contribution < -0.4 is 10.7 Å². The first-order valence-corrected chi connectivity index (χ1v) is 11.3. The zero-order valence-corrected chi connectivity index (χ0v) is 19.7. The van der Waals surface area contributed by atoms with Crippen LogP contribution in [-0.2, 0) is 27.5 Å². The van der Waals surface area contributed by atoms with Crippen LogP contribution in [0.15, 0.2) is 51.0 Å². The molecule has 0 unspecified atom stereocenters. The molecule has 4 aromatic rings. The number of aryl methyl sites for hydroxylation is 2. The predicted octanol–water partition coefficient (Wildman–Crippen LogP) is 4.75.